The summed E-state index contributed by atoms with van der Waals surface area (Å²) >= 11 is 0. The number of hydrazone groups is 1. The molecule has 5 N–H and O–H groups in total. The van der Waals surface area contributed by atoms with Crippen LogP contribution in [0.15, 0.2) is 5.10 Å². The third-order valence-corrected chi connectivity index (χ3v) is 2.64. The second-order valence-electron chi connectivity index (χ2n) is 5.40. The van der Waals surface area contributed by atoms with Gasteiger partial charge in [-0.15, -0.1) is 5.10 Å². The molecule has 0 aromatic heterocycles. The standard InChI is InChI=1S/C11H23N5O2/c1-11(2,3)18-10(17)16-6-4-8(5-7-16)14-9(12)15-13/h8H,4-7,13H2,1-3H3,(H3,12,14,15). The fourth-order valence-electron chi connectivity index (χ4n) is 1.78. The Hall–Kier alpha value is -1.66. The van der Waals surface area contributed by atoms with Crippen molar-refractivity contribution in [1.29, 1.82) is 0 Å². The molecule has 1 aliphatic rings. The van der Waals surface area contributed by atoms with Gasteiger partial charge >= 0.3 is 6.09 Å². The van der Waals surface area contributed by atoms with Gasteiger partial charge < -0.3 is 26.5 Å². The molecule has 0 bridgehead atoms. The maximum Gasteiger partial charge on any atom is 0.410 e. The van der Waals surface area contributed by atoms with Crippen LogP contribution < -0.4 is 16.9 Å². The van der Waals surface area contributed by atoms with Crippen molar-refractivity contribution >= 4 is 12.1 Å². The zero-order valence-electron chi connectivity index (χ0n) is 11.3. The summed E-state index contributed by atoms with van der Waals surface area (Å²) in [5.74, 6) is 5.28. The van der Waals surface area contributed by atoms with Gasteiger partial charge in [-0.05, 0) is 33.6 Å². The minimum Gasteiger partial charge on any atom is -0.444 e. The number of nitrogens with two attached hydrogens (primary N) is 2. The Morgan fingerprint density at radius 3 is 2.39 bits per heavy atom. The molecule has 104 valence electrons. The van der Waals surface area contributed by atoms with E-state index in [2.05, 4.69) is 10.4 Å². The van der Waals surface area contributed by atoms with Gasteiger partial charge in [0.25, 0.3) is 0 Å². The Labute approximate surface area is 108 Å². The molecule has 0 saturated carbocycles. The molecule has 0 aliphatic carbocycles. The molecule has 0 radical (unpaired) electrons. The average molecular weight is 257 g/mol. The van der Waals surface area contributed by atoms with Crippen LogP contribution in [0.1, 0.15) is 33.6 Å². The number of rotatable bonds is 1. The first-order valence-electron chi connectivity index (χ1n) is 6.09. The molecular weight excluding hydrogens is 234 g/mol. The highest BCUT2D eigenvalue weighted by atomic mass is 16.6. The van der Waals surface area contributed by atoms with E-state index in [1.807, 2.05) is 20.8 Å². The maximum absolute atomic E-state index is 11.8. The van der Waals surface area contributed by atoms with E-state index in [-0.39, 0.29) is 18.1 Å². The molecule has 7 heteroatoms. The summed E-state index contributed by atoms with van der Waals surface area (Å²) in [5.41, 5.74) is 5.03. The van der Waals surface area contributed by atoms with Crippen molar-refractivity contribution in [2.24, 2.45) is 16.7 Å². The van der Waals surface area contributed by atoms with Gasteiger partial charge in [-0.25, -0.2) is 4.79 Å². The number of likely N-dealkylation sites (tertiary alicyclic amines) is 1. The summed E-state index contributed by atoms with van der Waals surface area (Å²) in [6.07, 6.45) is 1.34. The molecule has 7 nitrogen and oxygen atoms in total. The zero-order valence-corrected chi connectivity index (χ0v) is 11.3. The lowest BCUT2D eigenvalue weighted by molar-refractivity contribution is 0.0202. The molecule has 1 amide bonds. The van der Waals surface area contributed by atoms with Crippen molar-refractivity contribution in [3.8, 4) is 0 Å². The molecule has 0 unspecified atom stereocenters. The fraction of sp³-hybridized carbons (Fsp3) is 0.818. The number of nitrogens with zero attached hydrogens (tertiary/aromatic N) is 2. The molecule has 1 heterocycles. The van der Waals surface area contributed by atoms with E-state index in [9.17, 15) is 4.79 Å². The Kier molecular flexibility index (Phi) is 4.63. The van der Waals surface area contributed by atoms with Crippen LogP contribution in [0.4, 0.5) is 4.79 Å². The predicted octanol–water partition coefficient (Wildman–Crippen LogP) is 0.164. The number of nitrogens with one attached hydrogen (secondary N) is 1. The number of carbonyl (C=O) groups excluding carboxylic acids is 1. The fourth-order valence-corrected chi connectivity index (χ4v) is 1.78. The lowest BCUT2D eigenvalue weighted by Crippen LogP contribution is -2.49. The van der Waals surface area contributed by atoms with Crippen molar-refractivity contribution in [2.75, 3.05) is 13.1 Å². The summed E-state index contributed by atoms with van der Waals surface area (Å²) in [4.78, 5) is 13.5. The van der Waals surface area contributed by atoms with Crippen LogP contribution >= 0.6 is 0 Å². The van der Waals surface area contributed by atoms with Crippen LogP contribution in [0.3, 0.4) is 0 Å². The number of amides is 1. The van der Waals surface area contributed by atoms with Gasteiger partial charge in [-0.3, -0.25) is 0 Å². The highest BCUT2D eigenvalue weighted by Crippen LogP contribution is 2.15. The second kappa shape index (κ2) is 5.79. The van der Waals surface area contributed by atoms with Crippen LogP contribution in [0, 0.1) is 0 Å². The quantitative estimate of drug-likeness (QED) is 0.268. The predicted molar refractivity (Wildman–Crippen MR) is 69.8 cm³/mol. The van der Waals surface area contributed by atoms with E-state index in [1.54, 1.807) is 4.90 Å². The van der Waals surface area contributed by atoms with Crippen molar-refractivity contribution in [2.45, 2.75) is 45.3 Å². The van der Waals surface area contributed by atoms with Gasteiger partial charge in [0.15, 0.2) is 0 Å². The van der Waals surface area contributed by atoms with Crippen molar-refractivity contribution in [3.05, 3.63) is 0 Å². The van der Waals surface area contributed by atoms with Gasteiger partial charge in [0, 0.05) is 19.1 Å². The first-order chi connectivity index (χ1) is 8.31. The highest BCUT2D eigenvalue weighted by Gasteiger charge is 2.26. The zero-order chi connectivity index (χ0) is 13.8. The highest BCUT2D eigenvalue weighted by molar-refractivity contribution is 5.77. The minimum atomic E-state index is -0.456. The molecule has 18 heavy (non-hydrogen) atoms. The molecule has 1 saturated heterocycles. The van der Waals surface area contributed by atoms with Crippen LogP contribution in [0.5, 0.6) is 0 Å². The van der Waals surface area contributed by atoms with E-state index in [4.69, 9.17) is 16.3 Å². The summed E-state index contributed by atoms with van der Waals surface area (Å²) < 4.78 is 5.31. The van der Waals surface area contributed by atoms with Gasteiger partial charge in [0.2, 0.25) is 5.96 Å². The Balaban J connectivity index is 2.37. The van der Waals surface area contributed by atoms with Crippen molar-refractivity contribution in [3.63, 3.8) is 0 Å². The summed E-state index contributed by atoms with van der Waals surface area (Å²) in [6.45, 7) is 6.86. The minimum absolute atomic E-state index is 0.205. The van der Waals surface area contributed by atoms with E-state index in [0.717, 1.165) is 12.8 Å². The lowest BCUT2D eigenvalue weighted by Gasteiger charge is -2.33. The Morgan fingerprint density at radius 1 is 1.39 bits per heavy atom. The van der Waals surface area contributed by atoms with E-state index >= 15 is 0 Å². The number of carbonyl (C=O) groups is 1. The van der Waals surface area contributed by atoms with Gasteiger partial charge in [-0.2, -0.15) is 0 Å². The first kappa shape index (κ1) is 14.4. The van der Waals surface area contributed by atoms with Crippen molar-refractivity contribution in [1.82, 2.24) is 10.2 Å². The Bertz CT molecular complexity index is 316. The summed E-state index contributed by atoms with van der Waals surface area (Å²) in [7, 11) is 0. The van der Waals surface area contributed by atoms with Crippen LogP contribution in [-0.4, -0.2) is 41.7 Å². The first-order valence-corrected chi connectivity index (χ1v) is 6.09. The number of hydrogen-bond donors (Lipinski definition) is 3. The van der Waals surface area contributed by atoms with E-state index in [1.165, 1.54) is 0 Å². The molecular formula is C11H23N5O2. The SMILES string of the molecule is CC(C)(C)OC(=O)N1CCC(NC(N)=NN)CC1. The van der Waals surface area contributed by atoms with Gasteiger partial charge in [-0.1, -0.05) is 0 Å². The van der Waals surface area contributed by atoms with Crippen LogP contribution in [-0.2, 0) is 4.74 Å². The van der Waals surface area contributed by atoms with Gasteiger partial charge in [0.05, 0.1) is 0 Å². The number of ether oxygens (including phenoxy) is 1. The monoisotopic (exact) mass is 257 g/mol. The molecule has 0 aromatic rings. The number of hydrogen-bond acceptors (Lipinski definition) is 4. The topological polar surface area (TPSA) is 106 Å². The Morgan fingerprint density at radius 2 is 1.94 bits per heavy atom. The molecule has 1 aliphatic heterocycles. The molecule has 0 spiro atoms. The largest absolute Gasteiger partial charge is 0.444 e. The van der Waals surface area contributed by atoms with Crippen LogP contribution in [0.2, 0.25) is 0 Å². The third kappa shape index (κ3) is 4.68. The maximum atomic E-state index is 11.8. The summed E-state index contributed by atoms with van der Waals surface area (Å²) in [5, 5.41) is 6.36. The number of piperidine rings is 1. The van der Waals surface area contributed by atoms with E-state index < -0.39 is 5.60 Å². The smallest absolute Gasteiger partial charge is 0.410 e. The van der Waals surface area contributed by atoms with E-state index in [0.29, 0.717) is 13.1 Å². The average Bonchev–Trinajstić information content (AvgIpc) is 2.27. The normalized spacial score (nSPS) is 18.6. The molecule has 0 aromatic carbocycles. The molecule has 0 atom stereocenters. The third-order valence-electron chi connectivity index (χ3n) is 2.64. The second-order valence-corrected chi connectivity index (χ2v) is 5.40. The molecule has 1 fully saturated rings. The number of guanidine groups is 1. The molecule has 1 rings (SSSR count). The lowest BCUT2D eigenvalue weighted by atomic mass is 10.1. The van der Waals surface area contributed by atoms with Gasteiger partial charge in [0.1, 0.15) is 5.60 Å². The summed E-state index contributed by atoms with van der Waals surface area (Å²) in [6, 6.07) is 0.205. The van der Waals surface area contributed by atoms with Crippen molar-refractivity contribution < 1.29 is 9.53 Å². The van der Waals surface area contributed by atoms with Crippen LogP contribution in [0.25, 0.3) is 0 Å².